The Hall–Kier alpha value is -0.570. The fraction of sp³-hybridized carbons (Fsp3) is 0.950. The lowest BCUT2D eigenvalue weighted by Crippen LogP contribution is -2.17. The lowest BCUT2D eigenvalue weighted by atomic mass is 10.0. The molecule has 1 rings (SSSR count). The highest BCUT2D eigenvalue weighted by atomic mass is 16.6. The van der Waals surface area contributed by atoms with Crippen LogP contribution in [0.5, 0.6) is 0 Å². The van der Waals surface area contributed by atoms with E-state index in [0.717, 1.165) is 25.9 Å². The van der Waals surface area contributed by atoms with E-state index in [-0.39, 0.29) is 12.1 Å². The predicted molar refractivity (Wildman–Crippen MR) is 95.6 cm³/mol. The molecule has 0 aromatic heterocycles. The van der Waals surface area contributed by atoms with Gasteiger partial charge in [0, 0.05) is 12.8 Å². The SMILES string of the molecule is CCCCCCCCCCCCCCCC(=O)OC1CCOC1. The molecule has 1 heterocycles. The van der Waals surface area contributed by atoms with Crippen molar-refractivity contribution in [1.82, 2.24) is 0 Å². The molecule has 0 spiro atoms. The first-order chi connectivity index (χ1) is 11.3. The maximum absolute atomic E-state index is 11.6. The highest BCUT2D eigenvalue weighted by molar-refractivity contribution is 5.69. The second-order valence-corrected chi connectivity index (χ2v) is 6.97. The normalized spacial score (nSPS) is 17.5. The second kappa shape index (κ2) is 15.0. The zero-order valence-corrected chi connectivity index (χ0v) is 15.3. The molecule has 1 unspecified atom stereocenters. The van der Waals surface area contributed by atoms with Gasteiger partial charge in [-0.3, -0.25) is 4.79 Å². The Morgan fingerprint density at radius 2 is 1.39 bits per heavy atom. The molecule has 0 amide bonds. The van der Waals surface area contributed by atoms with E-state index in [0.29, 0.717) is 13.0 Å². The summed E-state index contributed by atoms with van der Waals surface area (Å²) in [6, 6.07) is 0. The number of carbonyl (C=O) groups excluding carboxylic acids is 1. The molecule has 0 aromatic carbocycles. The minimum absolute atomic E-state index is 0.0180. The van der Waals surface area contributed by atoms with Crippen molar-refractivity contribution in [3.63, 3.8) is 0 Å². The highest BCUT2D eigenvalue weighted by Crippen LogP contribution is 2.14. The van der Waals surface area contributed by atoms with Gasteiger partial charge in [-0.2, -0.15) is 0 Å². The number of unbranched alkanes of at least 4 members (excludes halogenated alkanes) is 12. The quantitative estimate of drug-likeness (QED) is 0.282. The number of rotatable bonds is 15. The standard InChI is InChI=1S/C20H38O3/c1-2-3-4-5-6-7-8-9-10-11-12-13-14-15-20(21)23-19-16-17-22-18-19/h19H,2-18H2,1H3. The average molecular weight is 327 g/mol. The van der Waals surface area contributed by atoms with Crippen LogP contribution < -0.4 is 0 Å². The van der Waals surface area contributed by atoms with E-state index >= 15 is 0 Å². The van der Waals surface area contributed by atoms with Gasteiger partial charge in [0.25, 0.3) is 0 Å². The molecule has 3 heteroatoms. The predicted octanol–water partition coefficient (Wildman–Crippen LogP) is 5.80. The van der Waals surface area contributed by atoms with Crippen molar-refractivity contribution < 1.29 is 14.3 Å². The van der Waals surface area contributed by atoms with E-state index in [4.69, 9.17) is 9.47 Å². The van der Waals surface area contributed by atoms with Crippen LogP contribution in [0, 0.1) is 0 Å². The summed E-state index contributed by atoms with van der Waals surface area (Å²) in [7, 11) is 0. The molecule has 0 bridgehead atoms. The lowest BCUT2D eigenvalue weighted by molar-refractivity contribution is -0.149. The minimum atomic E-state index is -0.0384. The van der Waals surface area contributed by atoms with Crippen LogP contribution in [0.15, 0.2) is 0 Å². The minimum Gasteiger partial charge on any atom is -0.460 e. The molecule has 1 fully saturated rings. The maximum atomic E-state index is 11.6. The van der Waals surface area contributed by atoms with Crippen LogP contribution in [-0.2, 0) is 14.3 Å². The van der Waals surface area contributed by atoms with Gasteiger partial charge in [0.1, 0.15) is 6.10 Å². The summed E-state index contributed by atoms with van der Waals surface area (Å²) in [5.41, 5.74) is 0. The third kappa shape index (κ3) is 12.5. The van der Waals surface area contributed by atoms with Gasteiger partial charge in [0.05, 0.1) is 13.2 Å². The number of ether oxygens (including phenoxy) is 2. The van der Waals surface area contributed by atoms with Gasteiger partial charge in [-0.05, 0) is 6.42 Å². The van der Waals surface area contributed by atoms with Gasteiger partial charge in [0.15, 0.2) is 0 Å². The van der Waals surface area contributed by atoms with E-state index in [2.05, 4.69) is 6.92 Å². The van der Waals surface area contributed by atoms with Crippen molar-refractivity contribution in [3.05, 3.63) is 0 Å². The monoisotopic (exact) mass is 326 g/mol. The van der Waals surface area contributed by atoms with Crippen molar-refractivity contribution >= 4 is 5.97 Å². The Balaban J connectivity index is 1.73. The van der Waals surface area contributed by atoms with Crippen LogP contribution >= 0.6 is 0 Å². The van der Waals surface area contributed by atoms with Gasteiger partial charge in [0.2, 0.25) is 0 Å². The highest BCUT2D eigenvalue weighted by Gasteiger charge is 2.19. The van der Waals surface area contributed by atoms with E-state index in [1.165, 1.54) is 70.6 Å². The van der Waals surface area contributed by atoms with Crippen LogP contribution in [0.4, 0.5) is 0 Å². The van der Waals surface area contributed by atoms with Crippen LogP contribution in [-0.4, -0.2) is 25.3 Å². The van der Waals surface area contributed by atoms with Crippen molar-refractivity contribution in [2.24, 2.45) is 0 Å². The van der Waals surface area contributed by atoms with Crippen molar-refractivity contribution in [2.75, 3.05) is 13.2 Å². The average Bonchev–Trinajstić information content (AvgIpc) is 3.04. The molecule has 136 valence electrons. The summed E-state index contributed by atoms with van der Waals surface area (Å²) in [4.78, 5) is 11.6. The summed E-state index contributed by atoms with van der Waals surface area (Å²) < 4.78 is 10.6. The molecule has 0 saturated carbocycles. The number of hydrogen-bond donors (Lipinski definition) is 0. The zero-order valence-electron chi connectivity index (χ0n) is 15.3. The summed E-state index contributed by atoms with van der Waals surface area (Å²) in [6.07, 6.45) is 18.8. The number of hydrogen-bond acceptors (Lipinski definition) is 3. The Bertz CT molecular complexity index is 272. The molecule has 23 heavy (non-hydrogen) atoms. The van der Waals surface area contributed by atoms with Crippen LogP contribution in [0.2, 0.25) is 0 Å². The van der Waals surface area contributed by atoms with Gasteiger partial charge in [-0.1, -0.05) is 84.0 Å². The van der Waals surface area contributed by atoms with Gasteiger partial charge >= 0.3 is 5.97 Å². The van der Waals surface area contributed by atoms with Crippen molar-refractivity contribution in [1.29, 1.82) is 0 Å². The number of esters is 1. The van der Waals surface area contributed by atoms with Crippen LogP contribution in [0.1, 0.15) is 103 Å². The Kier molecular flexibility index (Phi) is 13.3. The summed E-state index contributed by atoms with van der Waals surface area (Å²) in [5, 5.41) is 0. The van der Waals surface area contributed by atoms with Gasteiger partial charge in [-0.25, -0.2) is 0 Å². The van der Waals surface area contributed by atoms with Gasteiger partial charge < -0.3 is 9.47 Å². The van der Waals surface area contributed by atoms with Crippen molar-refractivity contribution in [2.45, 2.75) is 109 Å². The molecule has 0 aromatic rings. The summed E-state index contributed by atoms with van der Waals surface area (Å²) in [5.74, 6) is -0.0384. The Morgan fingerprint density at radius 3 is 1.87 bits per heavy atom. The third-order valence-electron chi connectivity index (χ3n) is 4.67. The molecule has 1 aliphatic heterocycles. The summed E-state index contributed by atoms with van der Waals surface area (Å²) in [6.45, 7) is 3.59. The maximum Gasteiger partial charge on any atom is 0.306 e. The van der Waals surface area contributed by atoms with E-state index in [9.17, 15) is 4.79 Å². The fourth-order valence-corrected chi connectivity index (χ4v) is 3.14. The molecule has 0 aliphatic carbocycles. The molecule has 3 nitrogen and oxygen atoms in total. The first-order valence-electron chi connectivity index (χ1n) is 10.1. The lowest BCUT2D eigenvalue weighted by Gasteiger charge is -2.09. The van der Waals surface area contributed by atoms with E-state index in [1.54, 1.807) is 0 Å². The zero-order chi connectivity index (χ0) is 16.6. The number of carbonyl (C=O) groups is 1. The topological polar surface area (TPSA) is 35.5 Å². The second-order valence-electron chi connectivity index (χ2n) is 6.97. The first-order valence-corrected chi connectivity index (χ1v) is 10.1. The molecule has 0 radical (unpaired) electrons. The third-order valence-corrected chi connectivity index (χ3v) is 4.67. The van der Waals surface area contributed by atoms with E-state index in [1.807, 2.05) is 0 Å². The molecule has 1 saturated heterocycles. The Labute approximate surface area is 143 Å². The molecule has 1 aliphatic rings. The van der Waals surface area contributed by atoms with Crippen molar-refractivity contribution in [3.8, 4) is 0 Å². The summed E-state index contributed by atoms with van der Waals surface area (Å²) >= 11 is 0. The van der Waals surface area contributed by atoms with E-state index < -0.39 is 0 Å². The molecule has 1 atom stereocenters. The Morgan fingerprint density at radius 1 is 0.870 bits per heavy atom. The first kappa shape index (κ1) is 20.5. The largest absolute Gasteiger partial charge is 0.460 e. The van der Waals surface area contributed by atoms with Gasteiger partial charge in [-0.15, -0.1) is 0 Å². The fourth-order valence-electron chi connectivity index (χ4n) is 3.14. The van der Waals surface area contributed by atoms with Crippen LogP contribution in [0.3, 0.4) is 0 Å². The molecular weight excluding hydrogens is 288 g/mol. The molecule has 0 N–H and O–H groups in total. The molecular formula is C20H38O3. The van der Waals surface area contributed by atoms with Crippen LogP contribution in [0.25, 0.3) is 0 Å². The smallest absolute Gasteiger partial charge is 0.306 e.